The molecule has 0 amide bonds. The van der Waals surface area contributed by atoms with Gasteiger partial charge in [0.1, 0.15) is 11.3 Å². The first-order valence-electron chi connectivity index (χ1n) is 4.77. The third-order valence-electron chi connectivity index (χ3n) is 2.14. The summed E-state index contributed by atoms with van der Waals surface area (Å²) in [4.78, 5) is 0. The van der Waals surface area contributed by atoms with Gasteiger partial charge in [-0.3, -0.25) is 0 Å². The number of hydrogen-bond donors (Lipinski definition) is 2. The number of hydrogen-bond acceptors (Lipinski definition) is 5. The molecule has 6 heteroatoms. The summed E-state index contributed by atoms with van der Waals surface area (Å²) in [7, 11) is 0. The molecule has 1 aromatic heterocycles. The topological polar surface area (TPSA) is 63.8 Å². The van der Waals surface area contributed by atoms with Crippen LogP contribution in [0.2, 0.25) is 0 Å². The van der Waals surface area contributed by atoms with Crippen molar-refractivity contribution in [2.24, 2.45) is 5.73 Å². The van der Waals surface area contributed by atoms with E-state index in [1.165, 1.54) is 17.4 Å². The molecular formula is C10H11FN4S. The molecule has 1 heterocycles. The van der Waals surface area contributed by atoms with E-state index in [0.29, 0.717) is 23.8 Å². The summed E-state index contributed by atoms with van der Waals surface area (Å²) in [6.07, 6.45) is 0. The minimum atomic E-state index is -0.250. The van der Waals surface area contributed by atoms with Gasteiger partial charge in [0.05, 0.1) is 0 Å². The lowest BCUT2D eigenvalue weighted by molar-refractivity contribution is 0.610. The minimum Gasteiger partial charge on any atom is -0.356 e. The van der Waals surface area contributed by atoms with Crippen LogP contribution in [0.15, 0.2) is 23.7 Å². The number of aromatic nitrogens is 2. The molecule has 0 spiro atoms. The zero-order valence-corrected chi connectivity index (χ0v) is 9.30. The first-order chi connectivity index (χ1) is 7.79. The fourth-order valence-electron chi connectivity index (χ4n) is 1.28. The summed E-state index contributed by atoms with van der Waals surface area (Å²) in [6.45, 7) is 0.743. The largest absolute Gasteiger partial charge is 0.356 e. The summed E-state index contributed by atoms with van der Waals surface area (Å²) in [5.74, 6) is -0.250. The Morgan fingerprint density at radius 2 is 2.31 bits per heavy atom. The van der Waals surface area contributed by atoms with Crippen molar-refractivity contribution in [3.8, 4) is 0 Å². The highest BCUT2D eigenvalue weighted by Gasteiger charge is 2.03. The normalized spacial score (nSPS) is 10.4. The smallest absolute Gasteiger partial charge is 0.205 e. The van der Waals surface area contributed by atoms with Gasteiger partial charge in [-0.25, -0.2) is 4.39 Å². The van der Waals surface area contributed by atoms with Crippen LogP contribution in [-0.4, -0.2) is 10.2 Å². The summed E-state index contributed by atoms with van der Waals surface area (Å²) in [5, 5.41) is 11.2. The molecule has 16 heavy (non-hydrogen) atoms. The summed E-state index contributed by atoms with van der Waals surface area (Å²) >= 11 is 1.38. The first-order valence-corrected chi connectivity index (χ1v) is 5.65. The molecule has 0 aliphatic carbocycles. The van der Waals surface area contributed by atoms with Crippen LogP contribution in [-0.2, 0) is 13.1 Å². The second-order valence-electron chi connectivity index (χ2n) is 3.23. The number of anilines is 1. The van der Waals surface area contributed by atoms with E-state index in [0.717, 1.165) is 5.56 Å². The van der Waals surface area contributed by atoms with Crippen molar-refractivity contribution in [1.82, 2.24) is 10.2 Å². The van der Waals surface area contributed by atoms with E-state index < -0.39 is 0 Å². The van der Waals surface area contributed by atoms with E-state index in [1.54, 1.807) is 11.6 Å². The molecule has 0 aliphatic rings. The van der Waals surface area contributed by atoms with Crippen LogP contribution in [0.4, 0.5) is 9.52 Å². The van der Waals surface area contributed by atoms with Crippen molar-refractivity contribution in [3.63, 3.8) is 0 Å². The summed E-state index contributed by atoms with van der Waals surface area (Å²) in [5.41, 5.74) is 8.42. The predicted octanol–water partition coefficient (Wildman–Crippen LogP) is 1.75. The zero-order chi connectivity index (χ0) is 11.4. The molecule has 0 bridgehead atoms. The van der Waals surface area contributed by atoms with E-state index >= 15 is 0 Å². The molecule has 4 nitrogen and oxygen atoms in total. The van der Waals surface area contributed by atoms with Crippen molar-refractivity contribution < 1.29 is 4.39 Å². The Kier molecular flexibility index (Phi) is 3.43. The number of halogens is 1. The number of nitrogens with two attached hydrogens (primary N) is 1. The molecule has 0 radical (unpaired) electrons. The van der Waals surface area contributed by atoms with Crippen molar-refractivity contribution in [2.75, 3.05) is 5.32 Å². The lowest BCUT2D eigenvalue weighted by atomic mass is 10.1. The van der Waals surface area contributed by atoms with Crippen LogP contribution in [0.3, 0.4) is 0 Å². The maximum Gasteiger partial charge on any atom is 0.205 e. The SMILES string of the molecule is NCc1ccc(CNc2nncs2)c(F)c1. The molecule has 84 valence electrons. The molecule has 0 atom stereocenters. The Hall–Kier alpha value is -1.53. The average Bonchev–Trinajstić information content (AvgIpc) is 2.80. The highest BCUT2D eigenvalue weighted by molar-refractivity contribution is 7.13. The van der Waals surface area contributed by atoms with Gasteiger partial charge in [-0.2, -0.15) is 0 Å². The summed E-state index contributed by atoms with van der Waals surface area (Å²) in [6, 6.07) is 5.00. The van der Waals surface area contributed by atoms with Gasteiger partial charge in [-0.1, -0.05) is 23.5 Å². The number of benzene rings is 1. The van der Waals surface area contributed by atoms with Gasteiger partial charge in [-0.05, 0) is 11.6 Å². The Bertz CT molecular complexity index is 458. The van der Waals surface area contributed by atoms with Gasteiger partial charge >= 0.3 is 0 Å². The van der Waals surface area contributed by atoms with Crippen molar-refractivity contribution in [2.45, 2.75) is 13.1 Å². The van der Waals surface area contributed by atoms with Crippen LogP contribution in [0.1, 0.15) is 11.1 Å². The molecule has 1 aromatic carbocycles. The predicted molar refractivity (Wildman–Crippen MR) is 61.5 cm³/mol. The van der Waals surface area contributed by atoms with Crippen molar-refractivity contribution in [1.29, 1.82) is 0 Å². The van der Waals surface area contributed by atoms with Crippen LogP contribution in [0.5, 0.6) is 0 Å². The third-order valence-corrected chi connectivity index (χ3v) is 2.79. The van der Waals surface area contributed by atoms with Gasteiger partial charge in [0.2, 0.25) is 5.13 Å². The molecule has 0 aliphatic heterocycles. The fraction of sp³-hybridized carbons (Fsp3) is 0.200. The Morgan fingerprint density at radius 3 is 2.94 bits per heavy atom. The van der Waals surface area contributed by atoms with Gasteiger partial charge in [0, 0.05) is 18.7 Å². The van der Waals surface area contributed by atoms with E-state index in [1.807, 2.05) is 6.07 Å². The number of rotatable bonds is 4. The zero-order valence-electron chi connectivity index (χ0n) is 8.48. The Labute approximate surface area is 96.3 Å². The molecule has 0 saturated heterocycles. The molecule has 0 fully saturated rings. The lowest BCUT2D eigenvalue weighted by Crippen LogP contribution is -2.03. The molecule has 2 rings (SSSR count). The third kappa shape index (κ3) is 2.53. The molecular weight excluding hydrogens is 227 g/mol. The van der Waals surface area contributed by atoms with E-state index in [-0.39, 0.29) is 5.82 Å². The number of nitrogens with zero attached hydrogens (tertiary/aromatic N) is 2. The van der Waals surface area contributed by atoms with Crippen LogP contribution >= 0.6 is 11.3 Å². The van der Waals surface area contributed by atoms with E-state index in [4.69, 9.17) is 5.73 Å². The first kappa shape index (κ1) is 11.0. The Morgan fingerprint density at radius 1 is 1.44 bits per heavy atom. The molecule has 0 saturated carbocycles. The maximum atomic E-state index is 13.5. The van der Waals surface area contributed by atoms with Crippen LogP contribution in [0, 0.1) is 5.82 Å². The van der Waals surface area contributed by atoms with Gasteiger partial charge < -0.3 is 11.1 Å². The fourth-order valence-corrected chi connectivity index (χ4v) is 1.73. The van der Waals surface area contributed by atoms with E-state index in [9.17, 15) is 4.39 Å². The van der Waals surface area contributed by atoms with Gasteiger partial charge in [-0.15, -0.1) is 10.2 Å². The van der Waals surface area contributed by atoms with E-state index in [2.05, 4.69) is 15.5 Å². The quantitative estimate of drug-likeness (QED) is 0.851. The Balaban J connectivity index is 2.04. The van der Waals surface area contributed by atoms with Crippen molar-refractivity contribution in [3.05, 3.63) is 40.7 Å². The number of nitrogens with one attached hydrogen (secondary N) is 1. The summed E-state index contributed by atoms with van der Waals surface area (Å²) < 4.78 is 13.5. The van der Waals surface area contributed by atoms with Crippen LogP contribution in [0.25, 0.3) is 0 Å². The minimum absolute atomic E-state index is 0.250. The second-order valence-corrected chi connectivity index (χ2v) is 4.06. The van der Waals surface area contributed by atoms with Crippen molar-refractivity contribution >= 4 is 16.5 Å². The molecule has 0 unspecified atom stereocenters. The van der Waals surface area contributed by atoms with Gasteiger partial charge in [0.15, 0.2) is 0 Å². The second kappa shape index (κ2) is 5.00. The lowest BCUT2D eigenvalue weighted by Gasteiger charge is -2.05. The highest BCUT2D eigenvalue weighted by atomic mass is 32.1. The standard InChI is InChI=1S/C10H11FN4S/c11-9-3-7(4-12)1-2-8(9)5-13-10-15-14-6-16-10/h1-3,6H,4-5,12H2,(H,13,15). The maximum absolute atomic E-state index is 13.5. The molecule has 3 N–H and O–H groups in total. The molecule has 2 aromatic rings. The van der Waals surface area contributed by atoms with Gasteiger partial charge in [0.25, 0.3) is 0 Å². The van der Waals surface area contributed by atoms with Crippen LogP contribution < -0.4 is 11.1 Å². The highest BCUT2D eigenvalue weighted by Crippen LogP contribution is 2.14. The monoisotopic (exact) mass is 238 g/mol. The average molecular weight is 238 g/mol.